The summed E-state index contributed by atoms with van der Waals surface area (Å²) in [5.41, 5.74) is 4.33. The molecule has 0 amide bonds. The minimum Gasteiger partial charge on any atom is -0.504 e. The summed E-state index contributed by atoms with van der Waals surface area (Å²) in [5.74, 6) is 0.768. The lowest BCUT2D eigenvalue weighted by Gasteiger charge is -2.40. The van der Waals surface area contributed by atoms with Crippen LogP contribution in [0.15, 0.2) is 12.1 Å². The van der Waals surface area contributed by atoms with E-state index >= 15 is 0 Å². The van der Waals surface area contributed by atoms with Gasteiger partial charge in [-0.05, 0) is 49.7 Å². The molecule has 2 aliphatic carbocycles. The van der Waals surface area contributed by atoms with Crippen LogP contribution in [0.5, 0.6) is 11.5 Å². The summed E-state index contributed by atoms with van der Waals surface area (Å²) in [5, 5.41) is 24.4. The van der Waals surface area contributed by atoms with Gasteiger partial charge in [0.25, 0.3) is 0 Å². The maximum atomic E-state index is 9.93. The quantitative estimate of drug-likeness (QED) is 0.754. The molecule has 5 heteroatoms. The number of nitrogens with one attached hydrogen (secondary N) is 1. The number of fused-ring (bicyclic) bond motifs is 2. The van der Waals surface area contributed by atoms with E-state index in [1.165, 1.54) is 24.9 Å². The first-order chi connectivity index (χ1) is 11.7. The van der Waals surface area contributed by atoms with Crippen LogP contribution in [0.4, 0.5) is 5.69 Å². The van der Waals surface area contributed by atoms with Crippen molar-refractivity contribution in [1.29, 1.82) is 0 Å². The smallest absolute Gasteiger partial charge is 0.159 e. The van der Waals surface area contributed by atoms with Gasteiger partial charge >= 0.3 is 0 Å². The Morgan fingerprint density at radius 3 is 2.71 bits per heavy atom. The van der Waals surface area contributed by atoms with E-state index in [1.807, 2.05) is 0 Å². The average Bonchev–Trinajstić information content (AvgIpc) is 3.22. The van der Waals surface area contributed by atoms with Gasteiger partial charge in [-0.2, -0.15) is 0 Å². The average molecular weight is 325 g/mol. The van der Waals surface area contributed by atoms with Crippen LogP contribution in [-0.4, -0.2) is 45.8 Å². The van der Waals surface area contributed by atoms with Crippen LogP contribution in [0, 0.1) is 5.92 Å². The summed E-state index contributed by atoms with van der Waals surface area (Å²) in [6.45, 7) is 3.44. The van der Waals surface area contributed by atoms with Crippen molar-refractivity contribution in [3.8, 4) is 11.5 Å². The van der Waals surface area contributed by atoms with Crippen LogP contribution in [0.1, 0.15) is 30.5 Å². The Kier molecular flexibility index (Phi) is 3.13. The molecule has 0 spiro atoms. The first kappa shape index (κ1) is 14.3. The van der Waals surface area contributed by atoms with Crippen molar-refractivity contribution in [2.75, 3.05) is 25.0 Å². The van der Waals surface area contributed by atoms with E-state index in [0.717, 1.165) is 60.6 Å². The summed E-state index contributed by atoms with van der Waals surface area (Å²) in [4.78, 5) is 7.24. The third-order valence-corrected chi connectivity index (χ3v) is 5.63. The van der Waals surface area contributed by atoms with Crippen LogP contribution in [-0.2, 0) is 12.8 Å². The van der Waals surface area contributed by atoms with Crippen molar-refractivity contribution in [3.05, 3.63) is 23.4 Å². The molecule has 0 bridgehead atoms. The first-order valence-corrected chi connectivity index (χ1v) is 9.03. The van der Waals surface area contributed by atoms with Crippen molar-refractivity contribution in [3.63, 3.8) is 0 Å². The van der Waals surface area contributed by atoms with Crippen LogP contribution < -0.4 is 5.32 Å². The molecule has 1 aliphatic heterocycles. The molecule has 3 N–H and O–H groups in total. The zero-order chi connectivity index (χ0) is 16.3. The lowest BCUT2D eigenvalue weighted by atomic mass is 10.0. The van der Waals surface area contributed by atoms with Crippen molar-refractivity contribution in [2.45, 2.75) is 38.1 Å². The summed E-state index contributed by atoms with van der Waals surface area (Å²) < 4.78 is 0. The van der Waals surface area contributed by atoms with Gasteiger partial charge in [-0.25, -0.2) is 0 Å². The first-order valence-electron chi connectivity index (χ1n) is 9.03. The van der Waals surface area contributed by atoms with Gasteiger partial charge in [0, 0.05) is 42.5 Å². The molecule has 2 fully saturated rings. The number of pyridine rings is 1. The zero-order valence-corrected chi connectivity index (χ0v) is 13.8. The second-order valence-electron chi connectivity index (χ2n) is 7.63. The number of phenolic OH excluding ortho intramolecular Hbond substituents is 2. The minimum atomic E-state index is -0.0989. The molecular weight excluding hydrogens is 302 g/mol. The predicted octanol–water partition coefficient (Wildman–Crippen LogP) is 2.64. The van der Waals surface area contributed by atoms with Gasteiger partial charge in [-0.3, -0.25) is 9.88 Å². The van der Waals surface area contributed by atoms with Crippen LogP contribution in [0.2, 0.25) is 0 Å². The number of likely N-dealkylation sites (tertiary alicyclic amines) is 1. The summed E-state index contributed by atoms with van der Waals surface area (Å²) >= 11 is 0. The number of aromatic nitrogens is 1. The van der Waals surface area contributed by atoms with E-state index in [4.69, 9.17) is 4.98 Å². The molecule has 1 aromatic carbocycles. The van der Waals surface area contributed by atoms with Gasteiger partial charge in [0.05, 0.1) is 11.6 Å². The highest BCUT2D eigenvalue weighted by Crippen LogP contribution is 2.39. The highest BCUT2D eigenvalue weighted by Gasteiger charge is 2.33. The highest BCUT2D eigenvalue weighted by molar-refractivity contribution is 5.96. The van der Waals surface area contributed by atoms with Gasteiger partial charge in [0.1, 0.15) is 0 Å². The molecule has 2 aromatic rings. The summed E-state index contributed by atoms with van der Waals surface area (Å²) in [6, 6.07) is 3.70. The van der Waals surface area contributed by atoms with Crippen LogP contribution >= 0.6 is 0 Å². The number of benzene rings is 1. The molecule has 2 heterocycles. The van der Waals surface area contributed by atoms with E-state index < -0.39 is 0 Å². The third-order valence-electron chi connectivity index (χ3n) is 5.63. The summed E-state index contributed by atoms with van der Waals surface area (Å²) in [7, 11) is 0. The molecule has 24 heavy (non-hydrogen) atoms. The number of hydrogen-bond donors (Lipinski definition) is 3. The maximum Gasteiger partial charge on any atom is 0.159 e. The molecular formula is C19H23N3O2. The largest absolute Gasteiger partial charge is 0.504 e. The maximum absolute atomic E-state index is 9.93. The molecule has 0 unspecified atom stereocenters. The number of phenols is 2. The zero-order valence-electron chi connectivity index (χ0n) is 13.8. The highest BCUT2D eigenvalue weighted by atomic mass is 16.3. The fraction of sp³-hybridized carbons (Fsp3) is 0.526. The van der Waals surface area contributed by atoms with Gasteiger partial charge in [-0.1, -0.05) is 0 Å². The van der Waals surface area contributed by atoms with Crippen molar-refractivity contribution < 1.29 is 10.2 Å². The molecule has 3 aliphatic rings. The molecule has 1 aromatic heterocycles. The fourth-order valence-corrected chi connectivity index (χ4v) is 4.13. The Labute approximate surface area is 141 Å². The number of nitrogens with zero attached hydrogens (tertiary/aromatic N) is 2. The van der Waals surface area contributed by atoms with Crippen LogP contribution in [0.25, 0.3) is 10.9 Å². The van der Waals surface area contributed by atoms with Gasteiger partial charge in [-0.15, -0.1) is 0 Å². The molecule has 126 valence electrons. The molecule has 0 radical (unpaired) electrons. The lowest BCUT2D eigenvalue weighted by molar-refractivity contribution is 0.155. The van der Waals surface area contributed by atoms with Gasteiger partial charge in [0.2, 0.25) is 0 Å². The minimum absolute atomic E-state index is 0.0748. The van der Waals surface area contributed by atoms with Crippen molar-refractivity contribution >= 4 is 16.6 Å². The molecule has 1 saturated heterocycles. The Bertz CT molecular complexity index is 810. The SMILES string of the molecule is Oc1cc2nc3c(c(NC4CN(CC5CC5)C4)c2cc1O)CCC3. The lowest BCUT2D eigenvalue weighted by Crippen LogP contribution is -2.55. The Hall–Kier alpha value is -2.01. The second kappa shape index (κ2) is 5.24. The third kappa shape index (κ3) is 2.38. The van der Waals surface area contributed by atoms with Gasteiger partial charge in [0.15, 0.2) is 11.5 Å². The predicted molar refractivity (Wildman–Crippen MR) is 93.7 cm³/mol. The topological polar surface area (TPSA) is 68.6 Å². The van der Waals surface area contributed by atoms with E-state index in [2.05, 4.69) is 10.2 Å². The number of aryl methyl sites for hydroxylation is 1. The second-order valence-corrected chi connectivity index (χ2v) is 7.63. The van der Waals surface area contributed by atoms with E-state index in [1.54, 1.807) is 12.1 Å². The number of hydrogen-bond acceptors (Lipinski definition) is 5. The van der Waals surface area contributed by atoms with Crippen LogP contribution in [0.3, 0.4) is 0 Å². The number of rotatable bonds is 4. The van der Waals surface area contributed by atoms with E-state index in [0.29, 0.717) is 6.04 Å². The number of anilines is 1. The fourth-order valence-electron chi connectivity index (χ4n) is 4.13. The molecule has 1 saturated carbocycles. The van der Waals surface area contributed by atoms with Crippen molar-refractivity contribution in [2.24, 2.45) is 5.92 Å². The molecule has 5 nitrogen and oxygen atoms in total. The Morgan fingerprint density at radius 2 is 1.92 bits per heavy atom. The van der Waals surface area contributed by atoms with E-state index in [9.17, 15) is 10.2 Å². The van der Waals surface area contributed by atoms with Crippen molar-refractivity contribution in [1.82, 2.24) is 9.88 Å². The number of aromatic hydroxyl groups is 2. The Balaban J connectivity index is 1.46. The summed E-state index contributed by atoms with van der Waals surface area (Å²) in [6.07, 6.45) is 5.98. The standard InChI is InChI=1S/C19H23N3O2/c23-17-6-14-16(7-18(17)24)21-15-3-1-2-13(15)19(14)20-12-9-22(10-12)8-11-4-5-11/h6-7,11-12,23-24H,1-5,8-10H2,(H,20,21). The molecule has 5 rings (SSSR count). The molecule has 0 atom stereocenters. The Morgan fingerprint density at radius 1 is 1.12 bits per heavy atom. The normalized spacial score (nSPS) is 21.0. The van der Waals surface area contributed by atoms with Gasteiger partial charge < -0.3 is 15.5 Å². The van der Waals surface area contributed by atoms with E-state index in [-0.39, 0.29) is 11.5 Å². The monoisotopic (exact) mass is 325 g/mol.